The lowest BCUT2D eigenvalue weighted by Crippen LogP contribution is -2.40. The van der Waals surface area contributed by atoms with Gasteiger partial charge < -0.3 is 23.5 Å². The monoisotopic (exact) mass is 382 g/mol. The van der Waals surface area contributed by atoms with Crippen LogP contribution in [0, 0.1) is 0 Å². The van der Waals surface area contributed by atoms with Gasteiger partial charge in [-0.2, -0.15) is 0 Å². The highest BCUT2D eigenvalue weighted by Gasteiger charge is 2.19. The van der Waals surface area contributed by atoms with E-state index in [4.69, 9.17) is 18.6 Å². The van der Waals surface area contributed by atoms with Gasteiger partial charge in [0.25, 0.3) is 5.91 Å². The summed E-state index contributed by atoms with van der Waals surface area (Å²) in [6.07, 6.45) is 0.516. The molecule has 1 fully saturated rings. The molecule has 1 aliphatic rings. The van der Waals surface area contributed by atoms with Gasteiger partial charge in [-0.05, 0) is 35.9 Å². The first-order valence-electron chi connectivity index (χ1n) is 9.15. The predicted octanol–water partition coefficient (Wildman–Crippen LogP) is 2.91. The maximum atomic E-state index is 12.7. The van der Waals surface area contributed by atoms with Gasteiger partial charge in [0.15, 0.2) is 23.0 Å². The third-order valence-corrected chi connectivity index (χ3v) is 4.78. The molecule has 0 atom stereocenters. The van der Waals surface area contributed by atoms with Crippen LogP contribution in [-0.4, -0.2) is 56.3 Å². The number of aromatic nitrogens is 1. The van der Waals surface area contributed by atoms with E-state index in [-0.39, 0.29) is 5.91 Å². The van der Waals surface area contributed by atoms with Gasteiger partial charge in [0, 0.05) is 25.1 Å². The van der Waals surface area contributed by atoms with Gasteiger partial charge in [-0.3, -0.25) is 4.79 Å². The minimum Gasteiger partial charge on any atom is -0.493 e. The van der Waals surface area contributed by atoms with Gasteiger partial charge in [-0.25, -0.2) is 4.98 Å². The topological polar surface area (TPSA) is 74.0 Å². The van der Waals surface area contributed by atoms with Gasteiger partial charge in [-0.15, -0.1) is 0 Å². The number of methoxy groups -OCH3 is 2. The Kier molecular flexibility index (Phi) is 5.16. The fraction of sp³-hybridized carbons (Fsp3) is 0.333. The van der Waals surface area contributed by atoms with Crippen LogP contribution in [0.15, 0.2) is 40.8 Å². The van der Waals surface area contributed by atoms with Crippen LogP contribution in [0.5, 0.6) is 11.5 Å². The number of ether oxygens (including phenoxy) is 3. The Balaban J connectivity index is 1.55. The van der Waals surface area contributed by atoms with Gasteiger partial charge in [0.2, 0.25) is 0 Å². The van der Waals surface area contributed by atoms with Crippen LogP contribution in [0.25, 0.3) is 11.1 Å². The van der Waals surface area contributed by atoms with Crippen LogP contribution in [0.1, 0.15) is 21.8 Å². The van der Waals surface area contributed by atoms with Crippen molar-refractivity contribution in [2.75, 3.05) is 40.5 Å². The highest BCUT2D eigenvalue weighted by molar-refractivity contribution is 5.97. The fourth-order valence-corrected chi connectivity index (χ4v) is 3.30. The lowest BCUT2D eigenvalue weighted by molar-refractivity contribution is 0.0303. The first-order valence-corrected chi connectivity index (χ1v) is 9.15. The summed E-state index contributed by atoms with van der Waals surface area (Å²) in [5.41, 5.74) is 2.93. The minimum atomic E-state index is -0.0111. The molecule has 1 aliphatic heterocycles. The van der Waals surface area contributed by atoms with E-state index in [0.29, 0.717) is 61.3 Å². The molecule has 0 aliphatic carbocycles. The molecule has 146 valence electrons. The summed E-state index contributed by atoms with van der Waals surface area (Å²) in [4.78, 5) is 19.0. The molecule has 7 nitrogen and oxygen atoms in total. The first kappa shape index (κ1) is 18.3. The van der Waals surface area contributed by atoms with Crippen molar-refractivity contribution in [3.05, 3.63) is 53.4 Å². The third kappa shape index (κ3) is 3.66. The number of oxazole rings is 1. The number of morpholine rings is 1. The van der Waals surface area contributed by atoms with Crippen molar-refractivity contribution < 1.29 is 23.4 Å². The Morgan fingerprint density at radius 1 is 1.07 bits per heavy atom. The fourth-order valence-electron chi connectivity index (χ4n) is 3.30. The van der Waals surface area contributed by atoms with E-state index in [9.17, 15) is 4.79 Å². The second-order valence-electron chi connectivity index (χ2n) is 6.56. The second-order valence-corrected chi connectivity index (χ2v) is 6.56. The quantitative estimate of drug-likeness (QED) is 0.676. The lowest BCUT2D eigenvalue weighted by atomic mass is 10.1. The average Bonchev–Trinajstić information content (AvgIpc) is 3.15. The van der Waals surface area contributed by atoms with Gasteiger partial charge in [0.05, 0.1) is 27.4 Å². The SMILES string of the molecule is COc1ccc(Cc2nc3ccc(C(=O)N4CCOCC4)cc3o2)cc1OC. The smallest absolute Gasteiger partial charge is 0.254 e. The van der Waals surface area contributed by atoms with Crippen molar-refractivity contribution in [2.24, 2.45) is 0 Å². The number of fused-ring (bicyclic) bond motifs is 1. The maximum absolute atomic E-state index is 12.7. The molecule has 4 rings (SSSR count). The van der Waals surface area contributed by atoms with Crippen molar-refractivity contribution in [2.45, 2.75) is 6.42 Å². The Morgan fingerprint density at radius 3 is 2.61 bits per heavy atom. The molecule has 0 bridgehead atoms. The van der Waals surface area contributed by atoms with Crippen molar-refractivity contribution in [3.63, 3.8) is 0 Å². The summed E-state index contributed by atoms with van der Waals surface area (Å²) in [5, 5.41) is 0. The van der Waals surface area contributed by atoms with Gasteiger partial charge in [0.1, 0.15) is 5.52 Å². The Bertz CT molecular complexity index is 992. The van der Waals surface area contributed by atoms with Crippen molar-refractivity contribution >= 4 is 17.0 Å². The van der Waals surface area contributed by atoms with Crippen LogP contribution >= 0.6 is 0 Å². The summed E-state index contributed by atoms with van der Waals surface area (Å²) >= 11 is 0. The van der Waals surface area contributed by atoms with Crippen LogP contribution in [0.4, 0.5) is 0 Å². The standard InChI is InChI=1S/C21H22N2O5/c1-25-17-6-3-14(11-19(17)26-2)12-20-22-16-5-4-15(13-18(16)28-20)21(24)23-7-9-27-10-8-23/h3-6,11,13H,7-10,12H2,1-2H3. The molecular formula is C21H22N2O5. The zero-order valence-corrected chi connectivity index (χ0v) is 15.9. The van der Waals surface area contributed by atoms with Crippen LogP contribution < -0.4 is 9.47 Å². The third-order valence-electron chi connectivity index (χ3n) is 4.78. The second kappa shape index (κ2) is 7.90. The molecule has 0 unspecified atom stereocenters. The molecule has 2 aromatic carbocycles. The molecule has 2 heterocycles. The molecular weight excluding hydrogens is 360 g/mol. The normalized spacial score (nSPS) is 14.3. The number of benzene rings is 2. The number of carbonyl (C=O) groups is 1. The average molecular weight is 382 g/mol. The molecule has 0 radical (unpaired) electrons. The molecule has 7 heteroatoms. The number of nitrogens with zero attached hydrogens (tertiary/aromatic N) is 2. The molecule has 28 heavy (non-hydrogen) atoms. The van der Waals surface area contributed by atoms with Crippen molar-refractivity contribution in [1.29, 1.82) is 0 Å². The molecule has 0 N–H and O–H groups in total. The lowest BCUT2D eigenvalue weighted by Gasteiger charge is -2.26. The van der Waals surface area contributed by atoms with E-state index in [0.717, 1.165) is 11.1 Å². The van der Waals surface area contributed by atoms with Crippen LogP contribution in [0.3, 0.4) is 0 Å². The molecule has 1 amide bonds. The van der Waals surface area contributed by atoms with Gasteiger partial charge in [-0.1, -0.05) is 6.07 Å². The van der Waals surface area contributed by atoms with Crippen molar-refractivity contribution in [3.8, 4) is 11.5 Å². The van der Waals surface area contributed by atoms with E-state index in [2.05, 4.69) is 4.98 Å². The number of amides is 1. The van der Waals surface area contributed by atoms with E-state index in [1.54, 1.807) is 31.3 Å². The summed E-state index contributed by atoms with van der Waals surface area (Å²) in [7, 11) is 3.21. The highest BCUT2D eigenvalue weighted by atomic mass is 16.5. The predicted molar refractivity (Wildman–Crippen MR) is 103 cm³/mol. The van der Waals surface area contributed by atoms with E-state index in [1.165, 1.54) is 0 Å². The number of carbonyl (C=O) groups excluding carboxylic acids is 1. The van der Waals surface area contributed by atoms with E-state index >= 15 is 0 Å². The summed E-state index contributed by atoms with van der Waals surface area (Å²) in [6.45, 7) is 2.37. The highest BCUT2D eigenvalue weighted by Crippen LogP contribution is 2.29. The molecule has 1 saturated heterocycles. The number of hydrogen-bond donors (Lipinski definition) is 0. The minimum absolute atomic E-state index is 0.0111. The summed E-state index contributed by atoms with van der Waals surface area (Å²) < 4.78 is 21.8. The number of rotatable bonds is 5. The number of hydrogen-bond acceptors (Lipinski definition) is 6. The Labute approximate surface area is 162 Å². The molecule has 1 aromatic heterocycles. The Hall–Kier alpha value is -3.06. The van der Waals surface area contributed by atoms with E-state index < -0.39 is 0 Å². The Morgan fingerprint density at radius 2 is 1.86 bits per heavy atom. The van der Waals surface area contributed by atoms with Crippen LogP contribution in [0.2, 0.25) is 0 Å². The van der Waals surface area contributed by atoms with Gasteiger partial charge >= 0.3 is 0 Å². The molecule has 3 aromatic rings. The summed E-state index contributed by atoms with van der Waals surface area (Å²) in [5.74, 6) is 1.91. The first-order chi connectivity index (χ1) is 13.7. The summed E-state index contributed by atoms with van der Waals surface area (Å²) in [6, 6.07) is 11.1. The maximum Gasteiger partial charge on any atom is 0.254 e. The van der Waals surface area contributed by atoms with E-state index in [1.807, 2.05) is 24.3 Å². The molecule has 0 spiro atoms. The largest absolute Gasteiger partial charge is 0.493 e. The zero-order chi connectivity index (χ0) is 19.5. The van der Waals surface area contributed by atoms with Crippen LogP contribution in [-0.2, 0) is 11.2 Å². The zero-order valence-electron chi connectivity index (χ0n) is 15.9. The molecule has 0 saturated carbocycles. The van der Waals surface area contributed by atoms with Crippen molar-refractivity contribution in [1.82, 2.24) is 9.88 Å².